The SMILES string of the molecule is COc1cccc2cc(C(=O)CSc3nnc(-c4ccc(C)cc4)o3)c(=O)oc12. The molecule has 0 radical (unpaired) electrons. The van der Waals surface area contributed by atoms with Gasteiger partial charge in [0.05, 0.1) is 12.9 Å². The fourth-order valence-electron chi connectivity index (χ4n) is 2.76. The minimum atomic E-state index is -0.710. The number of thioether (sulfide) groups is 1. The molecule has 0 aliphatic carbocycles. The van der Waals surface area contributed by atoms with Crippen LogP contribution in [0, 0.1) is 6.92 Å². The van der Waals surface area contributed by atoms with Crippen LogP contribution in [0.1, 0.15) is 15.9 Å². The predicted octanol–water partition coefficient (Wildman–Crippen LogP) is 4.14. The fraction of sp³-hybridized carbons (Fsp3) is 0.143. The summed E-state index contributed by atoms with van der Waals surface area (Å²) >= 11 is 1.07. The van der Waals surface area contributed by atoms with Crippen LogP contribution in [-0.2, 0) is 0 Å². The highest BCUT2D eigenvalue weighted by Gasteiger charge is 2.17. The second kappa shape index (κ2) is 7.92. The summed E-state index contributed by atoms with van der Waals surface area (Å²) in [6.45, 7) is 1.99. The van der Waals surface area contributed by atoms with Crippen LogP contribution < -0.4 is 10.4 Å². The molecule has 0 amide bonds. The molecule has 0 saturated heterocycles. The van der Waals surface area contributed by atoms with Gasteiger partial charge in [0.15, 0.2) is 17.1 Å². The molecule has 0 unspecified atom stereocenters. The molecule has 0 bridgehead atoms. The number of ketones is 1. The Kier molecular flexibility index (Phi) is 5.18. The molecule has 29 heavy (non-hydrogen) atoms. The molecule has 0 saturated carbocycles. The average molecular weight is 408 g/mol. The summed E-state index contributed by atoms with van der Waals surface area (Å²) in [5, 5.41) is 8.81. The van der Waals surface area contributed by atoms with Crippen LogP contribution in [0.3, 0.4) is 0 Å². The van der Waals surface area contributed by atoms with Gasteiger partial charge in [-0.15, -0.1) is 10.2 Å². The topological polar surface area (TPSA) is 95.4 Å². The Labute approximate surface area is 169 Å². The number of para-hydroxylation sites is 1. The van der Waals surface area contributed by atoms with Gasteiger partial charge in [0.2, 0.25) is 5.89 Å². The van der Waals surface area contributed by atoms with E-state index in [0.717, 1.165) is 22.9 Å². The zero-order valence-corrected chi connectivity index (χ0v) is 16.5. The van der Waals surface area contributed by atoms with E-state index >= 15 is 0 Å². The van der Waals surface area contributed by atoms with Gasteiger partial charge in [-0.3, -0.25) is 4.79 Å². The van der Waals surface area contributed by atoms with E-state index in [1.807, 2.05) is 31.2 Å². The molecule has 0 spiro atoms. The van der Waals surface area contributed by atoms with Gasteiger partial charge in [-0.05, 0) is 31.2 Å². The number of rotatable bonds is 6. The number of nitrogens with zero attached hydrogens (tertiary/aromatic N) is 2. The van der Waals surface area contributed by atoms with E-state index in [4.69, 9.17) is 13.6 Å². The summed E-state index contributed by atoms with van der Waals surface area (Å²) in [5.41, 5.74) is 1.49. The van der Waals surface area contributed by atoms with Crippen molar-refractivity contribution in [3.05, 3.63) is 70.1 Å². The second-order valence-corrected chi connectivity index (χ2v) is 7.20. The first kappa shape index (κ1) is 18.9. The maximum atomic E-state index is 12.5. The molecular weight excluding hydrogens is 392 g/mol. The van der Waals surface area contributed by atoms with Crippen molar-refractivity contribution < 1.29 is 18.4 Å². The lowest BCUT2D eigenvalue weighted by Crippen LogP contribution is -2.15. The Morgan fingerprint density at radius 3 is 2.66 bits per heavy atom. The van der Waals surface area contributed by atoms with Gasteiger partial charge in [-0.2, -0.15) is 0 Å². The van der Waals surface area contributed by atoms with Crippen molar-refractivity contribution in [3.63, 3.8) is 0 Å². The molecule has 2 heterocycles. The predicted molar refractivity (Wildman–Crippen MR) is 109 cm³/mol. The van der Waals surface area contributed by atoms with E-state index in [9.17, 15) is 9.59 Å². The minimum absolute atomic E-state index is 0.0310. The number of benzene rings is 2. The van der Waals surface area contributed by atoms with Gasteiger partial charge in [-0.1, -0.05) is 41.6 Å². The molecule has 0 N–H and O–H groups in total. The van der Waals surface area contributed by atoms with Crippen molar-refractivity contribution in [2.75, 3.05) is 12.9 Å². The van der Waals surface area contributed by atoms with Gasteiger partial charge in [-0.25, -0.2) is 4.79 Å². The monoisotopic (exact) mass is 408 g/mol. The molecule has 0 aliphatic rings. The Balaban J connectivity index is 1.51. The summed E-state index contributed by atoms with van der Waals surface area (Å²) in [6, 6.07) is 14.4. The minimum Gasteiger partial charge on any atom is -0.493 e. The molecule has 0 atom stereocenters. The molecule has 4 rings (SSSR count). The van der Waals surface area contributed by atoms with Crippen molar-refractivity contribution in [1.29, 1.82) is 0 Å². The van der Waals surface area contributed by atoms with E-state index in [2.05, 4.69) is 10.2 Å². The highest BCUT2D eigenvalue weighted by Crippen LogP contribution is 2.26. The fourth-order valence-corrected chi connectivity index (χ4v) is 3.41. The average Bonchev–Trinajstić information content (AvgIpc) is 3.20. The summed E-state index contributed by atoms with van der Waals surface area (Å²) in [4.78, 5) is 24.8. The van der Waals surface area contributed by atoms with Crippen LogP contribution in [0.2, 0.25) is 0 Å². The lowest BCUT2D eigenvalue weighted by atomic mass is 10.1. The smallest absolute Gasteiger partial charge is 0.347 e. The standard InChI is InChI=1S/C21H16N2O5S/c1-12-6-8-13(9-7-12)19-22-23-21(28-19)29-11-16(24)15-10-14-4-3-5-17(26-2)18(14)27-20(15)25/h3-10H,11H2,1-2H3. The third kappa shape index (κ3) is 3.93. The lowest BCUT2D eigenvalue weighted by molar-refractivity contribution is 0.101. The van der Waals surface area contributed by atoms with Crippen LogP contribution in [0.25, 0.3) is 22.4 Å². The summed E-state index contributed by atoms with van der Waals surface area (Å²) in [7, 11) is 1.49. The normalized spacial score (nSPS) is 11.0. The summed E-state index contributed by atoms with van der Waals surface area (Å²) < 4.78 is 16.1. The Morgan fingerprint density at radius 1 is 1.10 bits per heavy atom. The van der Waals surface area contributed by atoms with Crippen LogP contribution in [0.4, 0.5) is 0 Å². The molecule has 2 aromatic carbocycles. The third-order valence-corrected chi connectivity index (χ3v) is 5.09. The molecule has 0 fully saturated rings. The van der Waals surface area contributed by atoms with E-state index in [0.29, 0.717) is 22.6 Å². The Morgan fingerprint density at radius 2 is 1.90 bits per heavy atom. The maximum Gasteiger partial charge on any atom is 0.347 e. The first-order valence-electron chi connectivity index (χ1n) is 8.72. The van der Waals surface area contributed by atoms with Crippen molar-refractivity contribution in [2.24, 2.45) is 0 Å². The van der Waals surface area contributed by atoms with Gasteiger partial charge in [0, 0.05) is 10.9 Å². The maximum absolute atomic E-state index is 12.5. The number of carbonyl (C=O) groups is 1. The molecule has 8 heteroatoms. The quantitative estimate of drug-likeness (QED) is 0.267. The summed E-state index contributed by atoms with van der Waals surface area (Å²) in [5.74, 6) is 0.388. The number of hydrogen-bond donors (Lipinski definition) is 0. The van der Waals surface area contributed by atoms with E-state index in [-0.39, 0.29) is 22.3 Å². The van der Waals surface area contributed by atoms with Crippen molar-refractivity contribution >= 4 is 28.5 Å². The molecule has 2 aromatic heterocycles. The molecular formula is C21H16N2O5S. The first-order chi connectivity index (χ1) is 14.0. The number of aryl methyl sites for hydroxylation is 1. The van der Waals surface area contributed by atoms with Crippen molar-refractivity contribution in [1.82, 2.24) is 10.2 Å². The van der Waals surface area contributed by atoms with Crippen molar-refractivity contribution in [2.45, 2.75) is 12.1 Å². The highest BCUT2D eigenvalue weighted by molar-refractivity contribution is 7.99. The largest absolute Gasteiger partial charge is 0.493 e. The number of hydrogen-bond acceptors (Lipinski definition) is 8. The van der Waals surface area contributed by atoms with E-state index in [1.54, 1.807) is 18.2 Å². The number of ether oxygens (including phenoxy) is 1. The van der Waals surface area contributed by atoms with Crippen molar-refractivity contribution in [3.8, 4) is 17.2 Å². The van der Waals surface area contributed by atoms with E-state index in [1.165, 1.54) is 13.2 Å². The number of Topliss-reactive ketones (excluding diaryl/α,β-unsaturated/α-hetero) is 1. The number of methoxy groups -OCH3 is 1. The van der Waals surface area contributed by atoms with Gasteiger partial charge < -0.3 is 13.6 Å². The van der Waals surface area contributed by atoms with Gasteiger partial charge >= 0.3 is 5.63 Å². The Hall–Kier alpha value is -3.39. The molecule has 0 aliphatic heterocycles. The third-order valence-electron chi connectivity index (χ3n) is 4.28. The molecule has 4 aromatic rings. The zero-order chi connectivity index (χ0) is 20.4. The van der Waals surface area contributed by atoms with Gasteiger partial charge in [0.25, 0.3) is 5.22 Å². The summed E-state index contributed by atoms with van der Waals surface area (Å²) in [6.07, 6.45) is 0. The number of aromatic nitrogens is 2. The lowest BCUT2D eigenvalue weighted by Gasteiger charge is -2.05. The highest BCUT2D eigenvalue weighted by atomic mass is 32.2. The first-order valence-corrected chi connectivity index (χ1v) is 9.71. The number of carbonyl (C=O) groups excluding carboxylic acids is 1. The number of fused-ring (bicyclic) bond motifs is 1. The Bertz CT molecular complexity index is 1240. The zero-order valence-electron chi connectivity index (χ0n) is 15.7. The second-order valence-electron chi connectivity index (χ2n) is 6.28. The van der Waals surface area contributed by atoms with E-state index < -0.39 is 5.63 Å². The van der Waals surface area contributed by atoms with Crippen LogP contribution in [0.15, 0.2) is 67.4 Å². The molecule has 7 nitrogen and oxygen atoms in total. The van der Waals surface area contributed by atoms with Crippen LogP contribution in [0.5, 0.6) is 5.75 Å². The van der Waals surface area contributed by atoms with Crippen LogP contribution in [-0.4, -0.2) is 28.8 Å². The van der Waals surface area contributed by atoms with Gasteiger partial charge in [0.1, 0.15) is 5.56 Å². The molecule has 146 valence electrons. The van der Waals surface area contributed by atoms with Crippen LogP contribution >= 0.6 is 11.8 Å².